The highest BCUT2D eigenvalue weighted by molar-refractivity contribution is 5.80. The lowest BCUT2D eigenvalue weighted by molar-refractivity contribution is -0.121. The van der Waals surface area contributed by atoms with E-state index in [1.807, 2.05) is 20.8 Å². The highest BCUT2D eigenvalue weighted by Crippen LogP contribution is 2.20. The number of carbonyl (C=O) groups is 1. The molecule has 0 unspecified atom stereocenters. The lowest BCUT2D eigenvalue weighted by atomic mass is 10.00. The van der Waals surface area contributed by atoms with Crippen molar-refractivity contribution < 1.29 is 4.79 Å². The van der Waals surface area contributed by atoms with Gasteiger partial charge in [0.05, 0.1) is 5.39 Å². The third-order valence-corrected chi connectivity index (χ3v) is 4.35. The Morgan fingerprint density at radius 2 is 1.83 bits per heavy atom. The molecule has 1 N–H and O–H groups in total. The van der Waals surface area contributed by atoms with Gasteiger partial charge in [-0.05, 0) is 37.8 Å². The molecule has 2 rings (SSSR count). The minimum absolute atomic E-state index is 0.0101. The lowest BCUT2D eigenvalue weighted by Gasteiger charge is -2.14. The molecule has 0 aromatic carbocycles. The van der Waals surface area contributed by atoms with E-state index >= 15 is 0 Å². The van der Waals surface area contributed by atoms with Crippen LogP contribution in [0.1, 0.15) is 36.6 Å². The minimum Gasteiger partial charge on any atom is -0.356 e. The van der Waals surface area contributed by atoms with Crippen LogP contribution in [0.2, 0.25) is 0 Å². The second-order valence-corrected chi connectivity index (χ2v) is 6.06. The fourth-order valence-corrected chi connectivity index (χ4v) is 2.90. The number of rotatable bonds is 5. The van der Waals surface area contributed by atoms with Crippen molar-refractivity contribution in [3.63, 3.8) is 0 Å². The number of nitrogens with one attached hydrogen (secondary N) is 1. The fraction of sp³-hybridized carbons (Fsp3) is 0.529. The maximum atomic E-state index is 12.5. The number of carbonyl (C=O) groups excluding carboxylic acids is 1. The van der Waals surface area contributed by atoms with Crippen molar-refractivity contribution >= 4 is 16.9 Å². The highest BCUT2D eigenvalue weighted by atomic mass is 16.2. The molecule has 1 amide bonds. The van der Waals surface area contributed by atoms with Crippen LogP contribution in [0.5, 0.6) is 0 Å². The Balaban J connectivity index is 2.52. The van der Waals surface area contributed by atoms with Crippen molar-refractivity contribution in [1.82, 2.24) is 19.4 Å². The van der Waals surface area contributed by atoms with E-state index in [9.17, 15) is 14.4 Å². The molecular weight excluding hydrogens is 308 g/mol. The molecule has 2 aromatic heterocycles. The van der Waals surface area contributed by atoms with Gasteiger partial charge in [-0.2, -0.15) is 0 Å². The Morgan fingerprint density at radius 1 is 1.17 bits per heavy atom. The van der Waals surface area contributed by atoms with Crippen LogP contribution in [0.15, 0.2) is 9.59 Å². The van der Waals surface area contributed by atoms with Gasteiger partial charge in [0, 0.05) is 32.8 Å². The maximum absolute atomic E-state index is 12.5. The summed E-state index contributed by atoms with van der Waals surface area (Å²) in [5, 5.41) is 3.28. The summed E-state index contributed by atoms with van der Waals surface area (Å²) >= 11 is 0. The van der Waals surface area contributed by atoms with Gasteiger partial charge < -0.3 is 5.32 Å². The fourth-order valence-electron chi connectivity index (χ4n) is 2.90. The topological polar surface area (TPSA) is 86.0 Å². The molecule has 0 aliphatic carbocycles. The van der Waals surface area contributed by atoms with Gasteiger partial charge in [0.15, 0.2) is 0 Å². The van der Waals surface area contributed by atoms with E-state index in [2.05, 4.69) is 10.3 Å². The summed E-state index contributed by atoms with van der Waals surface area (Å²) in [6.45, 7) is 6.35. The minimum atomic E-state index is -0.398. The second kappa shape index (κ2) is 6.98. The molecule has 7 heteroatoms. The molecule has 0 saturated heterocycles. The monoisotopic (exact) mass is 332 g/mol. The van der Waals surface area contributed by atoms with Crippen LogP contribution in [0.3, 0.4) is 0 Å². The number of aryl methyl sites for hydroxylation is 3. The molecule has 0 aliphatic rings. The van der Waals surface area contributed by atoms with Gasteiger partial charge >= 0.3 is 5.69 Å². The van der Waals surface area contributed by atoms with Gasteiger partial charge in [0.25, 0.3) is 5.56 Å². The van der Waals surface area contributed by atoms with Gasteiger partial charge in [0.1, 0.15) is 5.65 Å². The number of hydrogen-bond acceptors (Lipinski definition) is 4. The molecule has 7 nitrogen and oxygen atoms in total. The molecule has 0 aliphatic heterocycles. The van der Waals surface area contributed by atoms with Gasteiger partial charge in [-0.15, -0.1) is 0 Å². The van der Waals surface area contributed by atoms with Crippen LogP contribution in [0.4, 0.5) is 0 Å². The summed E-state index contributed by atoms with van der Waals surface area (Å²) in [6, 6.07) is 0. The summed E-state index contributed by atoms with van der Waals surface area (Å²) in [5.41, 5.74) is 2.06. The van der Waals surface area contributed by atoms with Crippen molar-refractivity contribution in [3.05, 3.63) is 37.7 Å². The van der Waals surface area contributed by atoms with E-state index in [4.69, 9.17) is 0 Å². The van der Waals surface area contributed by atoms with E-state index in [-0.39, 0.29) is 11.5 Å². The number of pyridine rings is 1. The molecule has 130 valence electrons. The molecular formula is C17H24N4O3. The number of hydrogen-bond donors (Lipinski definition) is 1. The molecule has 0 fully saturated rings. The number of aromatic nitrogens is 3. The van der Waals surface area contributed by atoms with Gasteiger partial charge in [0.2, 0.25) is 5.91 Å². The second-order valence-electron chi connectivity index (χ2n) is 6.06. The third kappa shape index (κ3) is 3.11. The SMILES string of the molecule is CCCNC(=O)CCc1c(C)nc2c(c1C)c(=O)n(C)c(=O)n2C. The average Bonchev–Trinajstić information content (AvgIpc) is 2.55. The molecule has 0 bridgehead atoms. The van der Waals surface area contributed by atoms with Crippen molar-refractivity contribution in [1.29, 1.82) is 0 Å². The summed E-state index contributed by atoms with van der Waals surface area (Å²) in [7, 11) is 3.06. The summed E-state index contributed by atoms with van der Waals surface area (Å²) in [5.74, 6) is -0.0101. The zero-order valence-electron chi connectivity index (χ0n) is 14.9. The Kier molecular flexibility index (Phi) is 5.21. The van der Waals surface area contributed by atoms with E-state index in [0.717, 1.165) is 27.8 Å². The number of fused-ring (bicyclic) bond motifs is 1. The van der Waals surface area contributed by atoms with Crippen LogP contribution in [-0.4, -0.2) is 26.6 Å². The van der Waals surface area contributed by atoms with E-state index in [0.29, 0.717) is 30.4 Å². The Morgan fingerprint density at radius 3 is 2.46 bits per heavy atom. The number of nitrogens with zero attached hydrogens (tertiary/aromatic N) is 3. The molecule has 0 saturated carbocycles. The Hall–Kier alpha value is -2.44. The molecule has 2 aromatic rings. The Labute approximate surface area is 140 Å². The van der Waals surface area contributed by atoms with Gasteiger partial charge in [-0.3, -0.25) is 18.7 Å². The predicted molar refractivity (Wildman–Crippen MR) is 93.3 cm³/mol. The highest BCUT2D eigenvalue weighted by Gasteiger charge is 2.17. The first-order valence-electron chi connectivity index (χ1n) is 8.12. The quantitative estimate of drug-likeness (QED) is 0.874. The van der Waals surface area contributed by atoms with Crippen LogP contribution in [0.25, 0.3) is 11.0 Å². The molecule has 2 heterocycles. The lowest BCUT2D eigenvalue weighted by Crippen LogP contribution is -2.38. The van der Waals surface area contributed by atoms with E-state index in [1.54, 1.807) is 7.05 Å². The zero-order chi connectivity index (χ0) is 18.0. The first-order chi connectivity index (χ1) is 11.3. The standard InChI is InChI=1S/C17H24N4O3/c1-6-9-18-13(22)8-7-12-10(2)14-15(19-11(12)3)20(4)17(24)21(5)16(14)23/h6-9H2,1-5H3,(H,18,22). The maximum Gasteiger partial charge on any atom is 0.332 e. The van der Waals surface area contributed by atoms with Gasteiger partial charge in [-0.1, -0.05) is 6.92 Å². The normalized spacial score (nSPS) is 11.0. The summed E-state index contributed by atoms with van der Waals surface area (Å²) in [4.78, 5) is 40.9. The van der Waals surface area contributed by atoms with E-state index < -0.39 is 5.69 Å². The van der Waals surface area contributed by atoms with Crippen LogP contribution in [0, 0.1) is 13.8 Å². The molecule has 0 radical (unpaired) electrons. The zero-order valence-corrected chi connectivity index (χ0v) is 14.9. The smallest absolute Gasteiger partial charge is 0.332 e. The summed E-state index contributed by atoms with van der Waals surface area (Å²) in [6.07, 6.45) is 1.76. The van der Waals surface area contributed by atoms with Crippen molar-refractivity contribution in [2.24, 2.45) is 14.1 Å². The van der Waals surface area contributed by atoms with Crippen molar-refractivity contribution in [3.8, 4) is 0 Å². The predicted octanol–water partition coefficient (Wildman–Crippen LogP) is 0.708. The van der Waals surface area contributed by atoms with Crippen LogP contribution in [-0.2, 0) is 25.3 Å². The molecule has 0 spiro atoms. The number of amides is 1. The van der Waals surface area contributed by atoms with Crippen LogP contribution >= 0.6 is 0 Å². The Bertz CT molecular complexity index is 909. The largest absolute Gasteiger partial charge is 0.356 e. The first-order valence-corrected chi connectivity index (χ1v) is 8.12. The van der Waals surface area contributed by atoms with Crippen molar-refractivity contribution in [2.45, 2.75) is 40.0 Å². The summed E-state index contributed by atoms with van der Waals surface area (Å²) < 4.78 is 2.47. The van der Waals surface area contributed by atoms with E-state index in [1.165, 1.54) is 11.6 Å². The third-order valence-electron chi connectivity index (χ3n) is 4.35. The van der Waals surface area contributed by atoms with Gasteiger partial charge in [-0.25, -0.2) is 9.78 Å². The van der Waals surface area contributed by atoms with Crippen LogP contribution < -0.4 is 16.6 Å². The average molecular weight is 332 g/mol. The first kappa shape index (κ1) is 17.9. The molecule has 0 atom stereocenters. The molecule has 24 heavy (non-hydrogen) atoms. The van der Waals surface area contributed by atoms with Crippen molar-refractivity contribution in [2.75, 3.05) is 6.54 Å².